The summed E-state index contributed by atoms with van der Waals surface area (Å²) in [4.78, 5) is 23.7. The molecule has 1 aromatic heterocycles. The number of likely N-dealkylation sites (N-methyl/N-ethyl adjacent to an activating group) is 1. The van der Waals surface area contributed by atoms with Gasteiger partial charge < -0.3 is 15.1 Å². The molecule has 164 valence electrons. The van der Waals surface area contributed by atoms with Gasteiger partial charge in [0.2, 0.25) is 21.8 Å². The molecular weight excluding hydrogens is 430 g/mol. The molecule has 0 atom stereocenters. The van der Waals surface area contributed by atoms with Crippen molar-refractivity contribution >= 4 is 55.2 Å². The molecule has 8 nitrogen and oxygen atoms in total. The maximum atomic E-state index is 12.8. The second-order valence-corrected chi connectivity index (χ2v) is 9.37. The van der Waals surface area contributed by atoms with Crippen molar-refractivity contribution in [3.05, 3.63) is 66.7 Å². The third-order valence-electron chi connectivity index (χ3n) is 4.91. The standard InChI is InChI=1S/C23H21N3O5S/c1-15(27)24-16-7-10-18(11-8-16)32(29,30)26(2)14-23(28)25-17-9-12-22-20(13-17)19-5-3-4-6-21(19)31-22/h3-13H,14H2,1-2H3,(H,24,27)(H,25,28). The van der Waals surface area contributed by atoms with Crippen molar-refractivity contribution in [3.63, 3.8) is 0 Å². The molecule has 2 N–H and O–H groups in total. The highest BCUT2D eigenvalue weighted by Gasteiger charge is 2.23. The van der Waals surface area contributed by atoms with E-state index in [0.29, 0.717) is 17.0 Å². The molecule has 0 saturated carbocycles. The minimum absolute atomic E-state index is 0.0215. The van der Waals surface area contributed by atoms with Gasteiger partial charge in [-0.15, -0.1) is 0 Å². The summed E-state index contributed by atoms with van der Waals surface area (Å²) in [5.74, 6) is -0.728. The Morgan fingerprint density at radius 3 is 2.25 bits per heavy atom. The molecule has 0 aliphatic heterocycles. The average Bonchev–Trinajstić information content (AvgIpc) is 3.11. The summed E-state index contributed by atoms with van der Waals surface area (Å²) < 4.78 is 32.3. The van der Waals surface area contributed by atoms with Crippen LogP contribution in [0.1, 0.15) is 6.92 Å². The highest BCUT2D eigenvalue weighted by atomic mass is 32.2. The van der Waals surface area contributed by atoms with Gasteiger partial charge in [-0.2, -0.15) is 4.31 Å². The Balaban J connectivity index is 1.47. The number of carbonyl (C=O) groups excluding carboxylic acids is 2. The van der Waals surface area contributed by atoms with E-state index in [0.717, 1.165) is 20.7 Å². The lowest BCUT2D eigenvalue weighted by molar-refractivity contribution is -0.116. The van der Waals surface area contributed by atoms with Crippen molar-refractivity contribution in [1.29, 1.82) is 0 Å². The van der Waals surface area contributed by atoms with Crippen LogP contribution in [0.4, 0.5) is 11.4 Å². The first-order chi connectivity index (χ1) is 15.2. The normalized spacial score (nSPS) is 11.7. The van der Waals surface area contributed by atoms with Gasteiger partial charge in [0.25, 0.3) is 0 Å². The first-order valence-electron chi connectivity index (χ1n) is 9.79. The number of amides is 2. The summed E-state index contributed by atoms with van der Waals surface area (Å²) in [6.45, 7) is 1.00. The molecule has 4 aromatic rings. The minimum atomic E-state index is -3.88. The molecule has 9 heteroatoms. The van der Waals surface area contributed by atoms with Crippen LogP contribution in [0.3, 0.4) is 0 Å². The van der Waals surface area contributed by atoms with Gasteiger partial charge in [-0.25, -0.2) is 8.42 Å². The lowest BCUT2D eigenvalue weighted by Gasteiger charge is -2.17. The van der Waals surface area contributed by atoms with Gasteiger partial charge in [0, 0.05) is 36.1 Å². The number of carbonyl (C=O) groups is 2. The van der Waals surface area contributed by atoms with E-state index in [2.05, 4.69) is 10.6 Å². The van der Waals surface area contributed by atoms with Gasteiger partial charge >= 0.3 is 0 Å². The maximum absolute atomic E-state index is 12.8. The van der Waals surface area contributed by atoms with Crippen LogP contribution in [0.5, 0.6) is 0 Å². The van der Waals surface area contributed by atoms with Crippen molar-refractivity contribution in [2.24, 2.45) is 0 Å². The van der Waals surface area contributed by atoms with E-state index >= 15 is 0 Å². The molecule has 0 bridgehead atoms. The molecule has 1 heterocycles. The lowest BCUT2D eigenvalue weighted by Crippen LogP contribution is -2.34. The summed E-state index contributed by atoms with van der Waals surface area (Å²) in [7, 11) is -2.54. The summed E-state index contributed by atoms with van der Waals surface area (Å²) in [5.41, 5.74) is 2.48. The van der Waals surface area contributed by atoms with Gasteiger partial charge in [0.15, 0.2) is 0 Å². The van der Waals surface area contributed by atoms with Gasteiger partial charge in [-0.05, 0) is 48.5 Å². The van der Waals surface area contributed by atoms with E-state index < -0.39 is 15.9 Å². The number of rotatable bonds is 6. The van der Waals surface area contributed by atoms with Crippen molar-refractivity contribution < 1.29 is 22.4 Å². The lowest BCUT2D eigenvalue weighted by atomic mass is 10.1. The van der Waals surface area contributed by atoms with Gasteiger partial charge in [-0.3, -0.25) is 9.59 Å². The summed E-state index contributed by atoms with van der Waals surface area (Å²) in [6, 6.07) is 18.6. The summed E-state index contributed by atoms with van der Waals surface area (Å²) in [5, 5.41) is 7.11. The maximum Gasteiger partial charge on any atom is 0.243 e. The first kappa shape index (κ1) is 21.5. The Morgan fingerprint density at radius 2 is 1.53 bits per heavy atom. The monoisotopic (exact) mass is 451 g/mol. The van der Waals surface area contributed by atoms with Crippen LogP contribution in [0.15, 0.2) is 76.0 Å². The van der Waals surface area contributed by atoms with Crippen LogP contribution in [-0.4, -0.2) is 38.1 Å². The van der Waals surface area contributed by atoms with Crippen LogP contribution in [0, 0.1) is 0 Å². The Bertz CT molecular complexity index is 1430. The quantitative estimate of drug-likeness (QED) is 0.463. The fraction of sp³-hybridized carbons (Fsp3) is 0.130. The largest absolute Gasteiger partial charge is 0.456 e. The molecule has 0 fully saturated rings. The molecule has 0 aliphatic rings. The fourth-order valence-electron chi connectivity index (χ4n) is 3.39. The Hall–Kier alpha value is -3.69. The molecule has 2 amide bonds. The van der Waals surface area contributed by atoms with E-state index in [-0.39, 0.29) is 17.3 Å². The number of hydrogen-bond donors (Lipinski definition) is 2. The number of nitrogens with zero attached hydrogens (tertiary/aromatic N) is 1. The zero-order valence-electron chi connectivity index (χ0n) is 17.5. The van der Waals surface area contributed by atoms with Crippen molar-refractivity contribution in [1.82, 2.24) is 4.31 Å². The molecule has 0 radical (unpaired) electrons. The van der Waals surface area contributed by atoms with Crippen LogP contribution >= 0.6 is 0 Å². The van der Waals surface area contributed by atoms with E-state index in [9.17, 15) is 18.0 Å². The van der Waals surface area contributed by atoms with E-state index in [1.54, 1.807) is 18.2 Å². The predicted octanol–water partition coefficient (Wildman–Crippen LogP) is 3.80. The number of hydrogen-bond acceptors (Lipinski definition) is 5. The number of nitrogens with one attached hydrogen (secondary N) is 2. The SMILES string of the molecule is CC(=O)Nc1ccc(S(=O)(=O)N(C)CC(=O)Nc2ccc3oc4ccccc4c3c2)cc1. The molecule has 0 aliphatic carbocycles. The molecule has 4 rings (SSSR count). The summed E-state index contributed by atoms with van der Waals surface area (Å²) in [6.07, 6.45) is 0. The molecule has 32 heavy (non-hydrogen) atoms. The third kappa shape index (κ3) is 4.34. The van der Waals surface area contributed by atoms with Crippen molar-refractivity contribution in [3.8, 4) is 0 Å². The zero-order chi connectivity index (χ0) is 22.9. The summed E-state index contributed by atoms with van der Waals surface area (Å²) >= 11 is 0. The Labute approximate surface area is 184 Å². The van der Waals surface area contributed by atoms with Crippen LogP contribution in [-0.2, 0) is 19.6 Å². The first-order valence-corrected chi connectivity index (χ1v) is 11.2. The highest BCUT2D eigenvalue weighted by molar-refractivity contribution is 7.89. The number of sulfonamides is 1. The highest BCUT2D eigenvalue weighted by Crippen LogP contribution is 2.30. The number of anilines is 2. The van der Waals surface area contributed by atoms with Crippen LogP contribution < -0.4 is 10.6 Å². The van der Waals surface area contributed by atoms with Gasteiger partial charge in [0.05, 0.1) is 11.4 Å². The van der Waals surface area contributed by atoms with E-state index in [4.69, 9.17) is 4.42 Å². The number of benzene rings is 3. The third-order valence-corrected chi connectivity index (χ3v) is 6.73. The number of fused-ring (bicyclic) bond motifs is 3. The van der Waals surface area contributed by atoms with Crippen LogP contribution in [0.2, 0.25) is 0 Å². The number of furan rings is 1. The Morgan fingerprint density at radius 1 is 0.875 bits per heavy atom. The number of para-hydroxylation sites is 1. The molecule has 0 saturated heterocycles. The minimum Gasteiger partial charge on any atom is -0.456 e. The van der Waals surface area contributed by atoms with Gasteiger partial charge in [0.1, 0.15) is 11.2 Å². The second-order valence-electron chi connectivity index (χ2n) is 7.32. The average molecular weight is 452 g/mol. The van der Waals surface area contributed by atoms with E-state index in [1.807, 2.05) is 24.3 Å². The smallest absolute Gasteiger partial charge is 0.243 e. The topological polar surface area (TPSA) is 109 Å². The Kier molecular flexibility index (Phi) is 5.68. The second kappa shape index (κ2) is 8.45. The predicted molar refractivity (Wildman–Crippen MR) is 123 cm³/mol. The zero-order valence-corrected chi connectivity index (χ0v) is 18.3. The van der Waals surface area contributed by atoms with Crippen molar-refractivity contribution in [2.75, 3.05) is 24.2 Å². The van der Waals surface area contributed by atoms with E-state index in [1.165, 1.54) is 38.2 Å². The molecule has 0 unspecified atom stereocenters. The van der Waals surface area contributed by atoms with Crippen molar-refractivity contribution in [2.45, 2.75) is 11.8 Å². The van der Waals surface area contributed by atoms with Gasteiger partial charge in [-0.1, -0.05) is 18.2 Å². The van der Waals surface area contributed by atoms with Crippen LogP contribution in [0.25, 0.3) is 21.9 Å². The molecule has 3 aromatic carbocycles. The fourth-order valence-corrected chi connectivity index (χ4v) is 4.51. The molecular formula is C23H21N3O5S. The molecule has 0 spiro atoms.